The fourth-order valence-electron chi connectivity index (χ4n) is 5.50. The molecule has 0 atom stereocenters. The third kappa shape index (κ3) is 3.29. The molecular weight excluding hydrogens is 434 g/mol. The molecule has 36 heavy (non-hydrogen) atoms. The van der Waals surface area contributed by atoms with Crippen LogP contribution in [0.4, 0.5) is 0 Å². The molecule has 6 aromatic carbocycles. The molecule has 1 heterocycles. The van der Waals surface area contributed by atoms with Gasteiger partial charge in [-0.25, -0.2) is 0 Å². The fraction of sp³-hybridized carbons (Fsp3) is 0. The molecule has 0 N–H and O–H groups in total. The van der Waals surface area contributed by atoms with Crippen LogP contribution in [0.5, 0.6) is 0 Å². The molecule has 1 heteroatoms. The van der Waals surface area contributed by atoms with E-state index in [1.54, 1.807) is 0 Å². The van der Waals surface area contributed by atoms with Crippen molar-refractivity contribution in [1.82, 2.24) is 4.98 Å². The molecule has 1 nitrogen and oxygen atoms in total. The Balaban J connectivity index is 1.47. The third-order valence-electron chi connectivity index (χ3n) is 7.12. The molecule has 0 bridgehead atoms. The molecule has 0 aliphatic carbocycles. The van der Waals surface area contributed by atoms with Gasteiger partial charge in [-0.3, -0.25) is 4.98 Å². The van der Waals surface area contributed by atoms with Crippen molar-refractivity contribution in [2.45, 2.75) is 0 Å². The van der Waals surface area contributed by atoms with Crippen LogP contribution in [0.2, 0.25) is 0 Å². The van der Waals surface area contributed by atoms with E-state index in [9.17, 15) is 0 Å². The van der Waals surface area contributed by atoms with Crippen LogP contribution in [0.3, 0.4) is 0 Å². The molecule has 1 aromatic heterocycles. The number of fused-ring (bicyclic) bond motifs is 3. The lowest BCUT2D eigenvalue weighted by atomic mass is 9.87. The Bertz CT molecular complexity index is 1800. The van der Waals surface area contributed by atoms with Crippen LogP contribution in [0, 0.1) is 0 Å². The van der Waals surface area contributed by atoms with Gasteiger partial charge in [0.1, 0.15) is 0 Å². The van der Waals surface area contributed by atoms with E-state index in [0.717, 1.165) is 5.52 Å². The van der Waals surface area contributed by atoms with Crippen LogP contribution < -0.4 is 0 Å². The van der Waals surface area contributed by atoms with Gasteiger partial charge in [0.15, 0.2) is 0 Å². The number of rotatable bonds is 3. The van der Waals surface area contributed by atoms with Gasteiger partial charge in [0, 0.05) is 17.1 Å². The van der Waals surface area contributed by atoms with Gasteiger partial charge < -0.3 is 0 Å². The molecule has 0 amide bonds. The third-order valence-corrected chi connectivity index (χ3v) is 7.12. The second-order valence-electron chi connectivity index (χ2n) is 9.17. The maximum absolute atomic E-state index is 4.89. The Morgan fingerprint density at radius 2 is 0.944 bits per heavy atom. The zero-order valence-electron chi connectivity index (χ0n) is 19.7. The molecule has 0 unspecified atom stereocenters. The first-order valence-corrected chi connectivity index (χ1v) is 12.3. The van der Waals surface area contributed by atoms with E-state index in [1.165, 1.54) is 60.3 Å². The standard InChI is InChI=1S/C35H23N/c1-2-11-26(12-3-1)34-31-16-7-6-15-30(31)33(32-18-9-23-36-35(32)34)27-21-19-25(20-22-27)29-17-8-13-24-10-4-5-14-28(24)29/h1-23H. The predicted molar refractivity (Wildman–Crippen MR) is 153 cm³/mol. The molecule has 0 spiro atoms. The average Bonchev–Trinajstić information content (AvgIpc) is 2.96. The summed E-state index contributed by atoms with van der Waals surface area (Å²) in [7, 11) is 0. The van der Waals surface area contributed by atoms with Gasteiger partial charge in [-0.2, -0.15) is 0 Å². The summed E-state index contributed by atoms with van der Waals surface area (Å²) < 4.78 is 0. The van der Waals surface area contributed by atoms with E-state index in [-0.39, 0.29) is 0 Å². The van der Waals surface area contributed by atoms with Crippen LogP contribution in [0.25, 0.3) is 65.8 Å². The summed E-state index contributed by atoms with van der Waals surface area (Å²) in [6.45, 7) is 0. The summed E-state index contributed by atoms with van der Waals surface area (Å²) in [6, 6.07) is 47.7. The SMILES string of the molecule is c1ccc(-c2c3ccccc3c(-c3ccc(-c4cccc5ccccc45)cc3)c3cccnc23)cc1. The Morgan fingerprint density at radius 3 is 1.75 bits per heavy atom. The summed E-state index contributed by atoms with van der Waals surface area (Å²) in [5, 5.41) is 6.18. The number of benzene rings is 6. The second kappa shape index (κ2) is 8.48. The Kier molecular flexibility index (Phi) is 4.85. The lowest BCUT2D eigenvalue weighted by Crippen LogP contribution is -1.92. The maximum atomic E-state index is 4.89. The molecule has 0 radical (unpaired) electrons. The minimum Gasteiger partial charge on any atom is -0.256 e. The number of hydrogen-bond acceptors (Lipinski definition) is 1. The summed E-state index contributed by atoms with van der Waals surface area (Å²) in [5.41, 5.74) is 8.34. The van der Waals surface area contributed by atoms with Crippen LogP contribution in [-0.2, 0) is 0 Å². The smallest absolute Gasteiger partial charge is 0.0792 e. The summed E-state index contributed by atoms with van der Waals surface area (Å²) in [6.07, 6.45) is 1.90. The van der Waals surface area contributed by atoms with Gasteiger partial charge in [-0.05, 0) is 55.4 Å². The van der Waals surface area contributed by atoms with E-state index in [4.69, 9.17) is 4.98 Å². The lowest BCUT2D eigenvalue weighted by molar-refractivity contribution is 1.42. The molecule has 7 aromatic rings. The first-order chi connectivity index (χ1) is 17.9. The summed E-state index contributed by atoms with van der Waals surface area (Å²) in [5.74, 6) is 0. The highest BCUT2D eigenvalue weighted by atomic mass is 14.7. The van der Waals surface area contributed by atoms with E-state index in [2.05, 4.69) is 127 Å². The molecule has 168 valence electrons. The average molecular weight is 458 g/mol. The van der Waals surface area contributed by atoms with Crippen molar-refractivity contribution >= 4 is 32.4 Å². The number of hydrogen-bond donors (Lipinski definition) is 0. The van der Waals surface area contributed by atoms with Crippen molar-refractivity contribution in [2.24, 2.45) is 0 Å². The highest BCUT2D eigenvalue weighted by Crippen LogP contribution is 2.43. The highest BCUT2D eigenvalue weighted by molar-refractivity contribution is 6.20. The van der Waals surface area contributed by atoms with Gasteiger partial charge >= 0.3 is 0 Å². The number of nitrogens with zero attached hydrogens (tertiary/aromatic N) is 1. The Labute approximate surface area is 210 Å². The Hall–Kier alpha value is -4.75. The van der Waals surface area contributed by atoms with Crippen molar-refractivity contribution < 1.29 is 0 Å². The largest absolute Gasteiger partial charge is 0.256 e. The van der Waals surface area contributed by atoms with Crippen LogP contribution >= 0.6 is 0 Å². The van der Waals surface area contributed by atoms with E-state index in [1.807, 2.05) is 12.3 Å². The van der Waals surface area contributed by atoms with E-state index >= 15 is 0 Å². The molecule has 0 fully saturated rings. The van der Waals surface area contributed by atoms with Crippen LogP contribution in [0.1, 0.15) is 0 Å². The zero-order valence-corrected chi connectivity index (χ0v) is 19.7. The van der Waals surface area contributed by atoms with Crippen molar-refractivity contribution in [1.29, 1.82) is 0 Å². The summed E-state index contributed by atoms with van der Waals surface area (Å²) >= 11 is 0. The summed E-state index contributed by atoms with van der Waals surface area (Å²) in [4.78, 5) is 4.89. The lowest BCUT2D eigenvalue weighted by Gasteiger charge is -2.17. The van der Waals surface area contributed by atoms with E-state index in [0.29, 0.717) is 0 Å². The van der Waals surface area contributed by atoms with Crippen molar-refractivity contribution in [3.05, 3.63) is 140 Å². The van der Waals surface area contributed by atoms with Crippen LogP contribution in [0.15, 0.2) is 140 Å². The molecule has 7 rings (SSSR count). The van der Waals surface area contributed by atoms with Gasteiger partial charge in [0.25, 0.3) is 0 Å². The number of pyridine rings is 1. The monoisotopic (exact) mass is 457 g/mol. The predicted octanol–water partition coefficient (Wildman–Crippen LogP) is 9.54. The molecule has 0 saturated carbocycles. The number of aromatic nitrogens is 1. The first-order valence-electron chi connectivity index (χ1n) is 12.3. The highest BCUT2D eigenvalue weighted by Gasteiger charge is 2.17. The zero-order chi connectivity index (χ0) is 23.9. The van der Waals surface area contributed by atoms with Gasteiger partial charge in [-0.1, -0.05) is 127 Å². The van der Waals surface area contributed by atoms with E-state index < -0.39 is 0 Å². The van der Waals surface area contributed by atoms with Gasteiger partial charge in [-0.15, -0.1) is 0 Å². The molecule has 0 saturated heterocycles. The Morgan fingerprint density at radius 1 is 0.361 bits per heavy atom. The van der Waals surface area contributed by atoms with Gasteiger partial charge in [0.05, 0.1) is 5.52 Å². The first kappa shape index (κ1) is 20.6. The maximum Gasteiger partial charge on any atom is 0.0792 e. The topological polar surface area (TPSA) is 12.9 Å². The molecule has 0 aliphatic heterocycles. The van der Waals surface area contributed by atoms with Crippen molar-refractivity contribution in [2.75, 3.05) is 0 Å². The normalized spacial score (nSPS) is 11.3. The fourth-order valence-corrected chi connectivity index (χ4v) is 5.50. The molecular formula is C35H23N. The van der Waals surface area contributed by atoms with Crippen molar-refractivity contribution in [3.8, 4) is 33.4 Å². The van der Waals surface area contributed by atoms with Crippen LogP contribution in [-0.4, -0.2) is 4.98 Å². The van der Waals surface area contributed by atoms with Gasteiger partial charge in [0.2, 0.25) is 0 Å². The minimum atomic E-state index is 1.04. The second-order valence-corrected chi connectivity index (χ2v) is 9.17. The minimum absolute atomic E-state index is 1.04. The quantitative estimate of drug-likeness (QED) is 0.241. The van der Waals surface area contributed by atoms with Crippen molar-refractivity contribution in [3.63, 3.8) is 0 Å². The molecule has 0 aliphatic rings.